The second-order valence-electron chi connectivity index (χ2n) is 6.40. The van der Waals surface area contributed by atoms with Crippen molar-refractivity contribution in [3.63, 3.8) is 0 Å². The minimum absolute atomic E-state index is 0.0167. The van der Waals surface area contributed by atoms with Crippen LogP contribution in [0.1, 0.15) is 37.5 Å². The van der Waals surface area contributed by atoms with Crippen LogP contribution in [-0.2, 0) is 11.3 Å². The van der Waals surface area contributed by atoms with E-state index in [1.165, 1.54) is 11.5 Å². The molecule has 3 aromatic rings. The Balaban J connectivity index is 1.61. The van der Waals surface area contributed by atoms with Gasteiger partial charge in [0.15, 0.2) is 0 Å². The van der Waals surface area contributed by atoms with Gasteiger partial charge in [-0.3, -0.25) is 13.5 Å². The highest BCUT2D eigenvalue weighted by Gasteiger charge is 2.29. The van der Waals surface area contributed by atoms with Crippen molar-refractivity contribution in [1.82, 2.24) is 8.86 Å². The van der Waals surface area contributed by atoms with E-state index in [4.69, 9.17) is 4.42 Å². The molecule has 1 amide bonds. The normalized spacial score (nSPS) is 18.4. The molecule has 2 aromatic heterocycles. The summed E-state index contributed by atoms with van der Waals surface area (Å²) in [4.78, 5) is 27.4. The minimum Gasteiger partial charge on any atom is -0.467 e. The number of fused-ring (bicyclic) bond motifs is 1. The van der Waals surface area contributed by atoms with Crippen LogP contribution in [-0.4, -0.2) is 21.3 Å². The number of amides is 1. The lowest BCUT2D eigenvalue weighted by Crippen LogP contribution is -2.38. The summed E-state index contributed by atoms with van der Waals surface area (Å²) in [6.45, 7) is 0.805. The summed E-state index contributed by atoms with van der Waals surface area (Å²) in [5.41, 5.74) is -0.0849. The number of rotatable bonds is 3. The highest BCUT2D eigenvalue weighted by molar-refractivity contribution is 7.13. The zero-order valence-corrected chi connectivity index (χ0v) is 14.7. The van der Waals surface area contributed by atoms with Crippen LogP contribution < -0.4 is 5.56 Å². The molecule has 5 nitrogen and oxygen atoms in total. The van der Waals surface area contributed by atoms with Gasteiger partial charge in [0.2, 0.25) is 5.91 Å². The molecular weight excluding hydrogens is 336 g/mol. The van der Waals surface area contributed by atoms with E-state index < -0.39 is 0 Å². The van der Waals surface area contributed by atoms with E-state index in [-0.39, 0.29) is 24.1 Å². The van der Waals surface area contributed by atoms with Crippen LogP contribution in [0.25, 0.3) is 10.1 Å². The lowest BCUT2D eigenvalue weighted by atomic mass is 10.1. The van der Waals surface area contributed by atoms with Crippen LogP contribution in [0.15, 0.2) is 51.9 Å². The van der Waals surface area contributed by atoms with Gasteiger partial charge in [-0.2, -0.15) is 0 Å². The number of furan rings is 1. The Morgan fingerprint density at radius 2 is 2.04 bits per heavy atom. The molecule has 130 valence electrons. The maximum Gasteiger partial charge on any atom is 0.268 e. The topological polar surface area (TPSA) is 55.5 Å². The second kappa shape index (κ2) is 6.88. The van der Waals surface area contributed by atoms with Crippen molar-refractivity contribution in [3.8, 4) is 0 Å². The Labute approximate surface area is 149 Å². The zero-order chi connectivity index (χ0) is 17.2. The summed E-state index contributed by atoms with van der Waals surface area (Å²) in [7, 11) is 0. The number of likely N-dealkylation sites (tertiary alicyclic amines) is 1. The Morgan fingerprint density at radius 3 is 2.84 bits per heavy atom. The highest BCUT2D eigenvalue weighted by Crippen LogP contribution is 2.30. The third-order valence-electron chi connectivity index (χ3n) is 4.78. The molecule has 1 atom stereocenters. The zero-order valence-electron chi connectivity index (χ0n) is 13.9. The summed E-state index contributed by atoms with van der Waals surface area (Å²) in [5, 5.41) is 0.679. The van der Waals surface area contributed by atoms with Gasteiger partial charge < -0.3 is 9.32 Å². The van der Waals surface area contributed by atoms with E-state index in [9.17, 15) is 9.59 Å². The lowest BCUT2D eigenvalue weighted by molar-refractivity contribution is -0.134. The largest absolute Gasteiger partial charge is 0.467 e. The fourth-order valence-electron chi connectivity index (χ4n) is 3.52. The molecule has 1 saturated heterocycles. The van der Waals surface area contributed by atoms with Crippen molar-refractivity contribution >= 4 is 27.5 Å². The number of aromatic nitrogens is 1. The van der Waals surface area contributed by atoms with Crippen molar-refractivity contribution in [1.29, 1.82) is 0 Å². The van der Waals surface area contributed by atoms with Crippen LogP contribution in [0.5, 0.6) is 0 Å². The summed E-state index contributed by atoms with van der Waals surface area (Å²) in [6.07, 6.45) is 5.74. The monoisotopic (exact) mass is 356 g/mol. The van der Waals surface area contributed by atoms with Gasteiger partial charge in [-0.1, -0.05) is 36.5 Å². The molecule has 1 fully saturated rings. The Morgan fingerprint density at radius 1 is 1.16 bits per heavy atom. The van der Waals surface area contributed by atoms with Crippen LogP contribution in [0, 0.1) is 0 Å². The van der Waals surface area contributed by atoms with Crippen molar-refractivity contribution in [2.75, 3.05) is 6.54 Å². The number of carbonyl (C=O) groups excluding carboxylic acids is 1. The second-order valence-corrected chi connectivity index (χ2v) is 7.46. The standard InChI is InChI=1S/C19H20N2O3S/c22-18(13-21-19(23)14-7-3-4-10-17(14)25-21)20-11-5-1-2-8-15(20)16-9-6-12-24-16/h3-4,6-7,9-10,12,15H,1-2,5,8,11,13H2/t15-/m1/s1. The Bertz CT molecular complexity index is 926. The summed E-state index contributed by atoms with van der Waals surface area (Å²) in [6, 6.07) is 11.2. The average Bonchev–Trinajstić information content (AvgIpc) is 3.18. The fourth-order valence-corrected chi connectivity index (χ4v) is 4.51. The Hall–Kier alpha value is -2.34. The van der Waals surface area contributed by atoms with Crippen molar-refractivity contribution in [2.45, 2.75) is 38.3 Å². The molecule has 25 heavy (non-hydrogen) atoms. The van der Waals surface area contributed by atoms with Gasteiger partial charge in [-0.15, -0.1) is 0 Å². The van der Waals surface area contributed by atoms with Gasteiger partial charge in [-0.25, -0.2) is 0 Å². The molecule has 0 N–H and O–H groups in total. The smallest absolute Gasteiger partial charge is 0.268 e. The molecule has 4 rings (SSSR count). The van der Waals surface area contributed by atoms with E-state index in [1.54, 1.807) is 10.2 Å². The van der Waals surface area contributed by atoms with Crippen molar-refractivity contribution in [2.24, 2.45) is 0 Å². The van der Waals surface area contributed by atoms with Gasteiger partial charge >= 0.3 is 0 Å². The molecular formula is C19H20N2O3S. The van der Waals surface area contributed by atoms with Crippen molar-refractivity contribution in [3.05, 3.63) is 58.8 Å². The number of nitrogens with zero attached hydrogens (tertiary/aromatic N) is 2. The number of carbonyl (C=O) groups is 1. The van der Waals surface area contributed by atoms with Crippen LogP contribution in [0.3, 0.4) is 0 Å². The SMILES string of the molecule is O=C(Cn1sc2ccccc2c1=O)N1CCCCC[C@@H]1c1ccco1. The molecule has 0 saturated carbocycles. The quantitative estimate of drug-likeness (QED) is 0.717. The van der Waals surface area contributed by atoms with Crippen LogP contribution >= 0.6 is 11.5 Å². The third kappa shape index (κ3) is 3.14. The van der Waals surface area contributed by atoms with E-state index in [0.717, 1.165) is 36.1 Å². The molecule has 3 heterocycles. The molecule has 1 aromatic carbocycles. The first-order chi connectivity index (χ1) is 12.2. The molecule has 0 unspecified atom stereocenters. The van der Waals surface area contributed by atoms with E-state index in [0.29, 0.717) is 11.9 Å². The molecule has 1 aliphatic rings. The van der Waals surface area contributed by atoms with Gasteiger partial charge in [-0.05, 0) is 37.1 Å². The molecule has 0 bridgehead atoms. The average molecular weight is 356 g/mol. The van der Waals surface area contributed by atoms with Gasteiger partial charge in [0, 0.05) is 6.54 Å². The molecule has 0 aliphatic carbocycles. The van der Waals surface area contributed by atoms with E-state index in [2.05, 4.69) is 0 Å². The predicted molar refractivity (Wildman–Crippen MR) is 97.7 cm³/mol. The van der Waals surface area contributed by atoms with Crippen molar-refractivity contribution < 1.29 is 9.21 Å². The van der Waals surface area contributed by atoms with E-state index in [1.807, 2.05) is 41.3 Å². The van der Waals surface area contributed by atoms with E-state index >= 15 is 0 Å². The van der Waals surface area contributed by atoms with Gasteiger partial charge in [0.1, 0.15) is 12.3 Å². The molecule has 1 aliphatic heterocycles. The van der Waals surface area contributed by atoms with Gasteiger partial charge in [0.25, 0.3) is 5.56 Å². The first-order valence-electron chi connectivity index (χ1n) is 8.66. The summed E-state index contributed by atoms with van der Waals surface area (Å²) < 4.78 is 8.05. The predicted octanol–water partition coefficient (Wildman–Crippen LogP) is 3.80. The lowest BCUT2D eigenvalue weighted by Gasteiger charge is -2.28. The molecule has 6 heteroatoms. The number of benzene rings is 1. The number of hydrogen-bond donors (Lipinski definition) is 0. The van der Waals surface area contributed by atoms with Gasteiger partial charge in [0.05, 0.1) is 22.4 Å². The molecule has 0 spiro atoms. The minimum atomic E-state index is -0.0849. The van der Waals surface area contributed by atoms with Crippen LogP contribution in [0.2, 0.25) is 0 Å². The fraction of sp³-hybridized carbons (Fsp3) is 0.368. The maximum absolute atomic E-state index is 13.0. The Kier molecular flexibility index (Phi) is 4.44. The molecule has 0 radical (unpaired) electrons. The summed E-state index contributed by atoms with van der Waals surface area (Å²) >= 11 is 1.35. The first kappa shape index (κ1) is 16.1. The summed E-state index contributed by atoms with van der Waals surface area (Å²) in [5.74, 6) is 0.816. The maximum atomic E-state index is 13.0. The highest BCUT2D eigenvalue weighted by atomic mass is 32.1. The van der Waals surface area contributed by atoms with Crippen LogP contribution in [0.4, 0.5) is 0 Å². The third-order valence-corrected chi connectivity index (χ3v) is 5.84. The number of hydrogen-bond acceptors (Lipinski definition) is 4. The first-order valence-corrected chi connectivity index (χ1v) is 9.43.